The van der Waals surface area contributed by atoms with Gasteiger partial charge in [-0.25, -0.2) is 0 Å². The number of para-hydroxylation sites is 1. The zero-order valence-corrected chi connectivity index (χ0v) is 15.5. The molecule has 0 saturated carbocycles. The Kier molecular flexibility index (Phi) is 4.64. The predicted molar refractivity (Wildman–Crippen MR) is 111 cm³/mol. The summed E-state index contributed by atoms with van der Waals surface area (Å²) in [6.45, 7) is 2.18. The summed E-state index contributed by atoms with van der Waals surface area (Å²) in [5.74, 6) is 0.429. The number of benzene rings is 3. The number of aromatic hydroxyl groups is 1. The van der Waals surface area contributed by atoms with Crippen LogP contribution >= 0.6 is 8.22 Å². The monoisotopic (exact) mass is 359 g/mol. The van der Waals surface area contributed by atoms with Crippen molar-refractivity contribution in [2.24, 2.45) is 0 Å². The van der Waals surface area contributed by atoms with Crippen LogP contribution in [0.15, 0.2) is 66.7 Å². The third kappa shape index (κ3) is 2.69. The van der Waals surface area contributed by atoms with E-state index in [2.05, 4.69) is 63.9 Å². The van der Waals surface area contributed by atoms with E-state index in [1.165, 1.54) is 29.3 Å². The smallest absolute Gasteiger partial charge is 0.126 e. The second-order valence-corrected chi connectivity index (χ2v) is 8.84. The highest BCUT2D eigenvalue weighted by atomic mass is 31.1. The van der Waals surface area contributed by atoms with Crippen molar-refractivity contribution in [1.82, 2.24) is 4.67 Å². The molecule has 0 amide bonds. The summed E-state index contributed by atoms with van der Waals surface area (Å²) in [4.78, 5) is 0. The maximum Gasteiger partial charge on any atom is 0.126 e. The van der Waals surface area contributed by atoms with E-state index in [-0.39, 0.29) is 8.41 Å². The molecule has 2 heterocycles. The van der Waals surface area contributed by atoms with Gasteiger partial charge >= 0.3 is 0 Å². The Balaban J connectivity index is 0.00000168. The maximum absolute atomic E-state index is 10.8. The summed E-state index contributed by atoms with van der Waals surface area (Å²) in [6.07, 6.45) is 2.52. The third-order valence-electron chi connectivity index (χ3n) is 5.34. The number of hydrogen-bond donors (Lipinski definition) is 1. The molecular formula is C21H21BN2OP. The quantitative estimate of drug-likeness (QED) is 0.552. The van der Waals surface area contributed by atoms with Crippen LogP contribution in [0.25, 0.3) is 10.8 Å². The van der Waals surface area contributed by atoms with E-state index < -0.39 is 8.22 Å². The average Bonchev–Trinajstić information content (AvgIpc) is 3.24. The van der Waals surface area contributed by atoms with Gasteiger partial charge in [-0.3, -0.25) is 4.67 Å². The van der Waals surface area contributed by atoms with Gasteiger partial charge in [0.15, 0.2) is 0 Å². The van der Waals surface area contributed by atoms with E-state index in [1.54, 1.807) is 0 Å². The molecule has 5 rings (SSSR count). The van der Waals surface area contributed by atoms with E-state index in [4.69, 9.17) is 0 Å². The molecule has 5 heteroatoms. The Labute approximate surface area is 157 Å². The van der Waals surface area contributed by atoms with E-state index in [0.29, 0.717) is 11.8 Å². The molecule has 0 unspecified atom stereocenters. The first-order valence-corrected chi connectivity index (χ1v) is 10.2. The zero-order valence-electron chi connectivity index (χ0n) is 14.6. The van der Waals surface area contributed by atoms with Crippen molar-refractivity contribution in [2.75, 3.05) is 17.8 Å². The SMILES string of the molecule is Oc1ccc2ccccc2c1[P@@]1N(c2ccccc2)C[C@@H]2CCCN21.[B]. The Hall–Kier alpha value is -2.03. The summed E-state index contributed by atoms with van der Waals surface area (Å²) in [7, 11) is -0.724. The Bertz CT molecular complexity index is 920. The van der Waals surface area contributed by atoms with Crippen LogP contribution in [-0.4, -0.2) is 37.3 Å². The summed E-state index contributed by atoms with van der Waals surface area (Å²) in [5.41, 5.74) is 1.26. The molecule has 0 spiro atoms. The molecule has 3 radical (unpaired) electrons. The minimum atomic E-state index is -0.724. The maximum atomic E-state index is 10.8. The van der Waals surface area contributed by atoms with Gasteiger partial charge < -0.3 is 9.78 Å². The number of phenolic OH excluding ortho intramolecular Hbond substituents is 1. The van der Waals surface area contributed by atoms with Gasteiger partial charge in [-0.1, -0.05) is 48.5 Å². The third-order valence-corrected chi connectivity index (χ3v) is 8.07. The van der Waals surface area contributed by atoms with Crippen LogP contribution in [0, 0.1) is 0 Å². The van der Waals surface area contributed by atoms with Gasteiger partial charge in [0.1, 0.15) is 14.0 Å². The van der Waals surface area contributed by atoms with Crippen molar-refractivity contribution in [2.45, 2.75) is 18.9 Å². The summed E-state index contributed by atoms with van der Waals surface area (Å²) < 4.78 is 5.17. The minimum Gasteiger partial charge on any atom is -0.507 e. The van der Waals surface area contributed by atoms with Gasteiger partial charge in [0.25, 0.3) is 0 Å². The Morgan fingerprint density at radius 3 is 2.54 bits per heavy atom. The lowest BCUT2D eigenvalue weighted by atomic mass is 10.1. The first-order valence-electron chi connectivity index (χ1n) is 8.93. The molecule has 129 valence electrons. The van der Waals surface area contributed by atoms with Crippen LogP contribution in [0.1, 0.15) is 12.8 Å². The number of phenols is 1. The van der Waals surface area contributed by atoms with Gasteiger partial charge in [-0.05, 0) is 41.8 Å². The fourth-order valence-corrected chi connectivity index (χ4v) is 7.19. The van der Waals surface area contributed by atoms with Crippen molar-refractivity contribution >= 4 is 38.4 Å². The first kappa shape index (κ1) is 17.4. The largest absolute Gasteiger partial charge is 0.507 e. The van der Waals surface area contributed by atoms with E-state index in [1.807, 2.05) is 12.1 Å². The Morgan fingerprint density at radius 1 is 0.923 bits per heavy atom. The lowest BCUT2D eigenvalue weighted by Gasteiger charge is -2.32. The molecule has 2 atom stereocenters. The minimum absolute atomic E-state index is 0. The highest BCUT2D eigenvalue weighted by molar-refractivity contribution is 7.66. The van der Waals surface area contributed by atoms with Crippen molar-refractivity contribution in [3.05, 3.63) is 66.7 Å². The lowest BCUT2D eigenvalue weighted by Crippen LogP contribution is -2.24. The number of hydrogen-bond acceptors (Lipinski definition) is 3. The van der Waals surface area contributed by atoms with Crippen molar-refractivity contribution in [3.8, 4) is 5.75 Å². The van der Waals surface area contributed by atoms with Crippen LogP contribution in [0.4, 0.5) is 5.69 Å². The van der Waals surface area contributed by atoms with Crippen LogP contribution < -0.4 is 9.97 Å². The topological polar surface area (TPSA) is 26.7 Å². The standard InChI is InChI=1S/C21H21N2OP.B/c24-20-13-12-16-7-4-5-11-19(16)21(20)25-22-14-6-10-18(22)15-23(25)17-8-2-1-3-9-17;/h1-5,7-9,11-13,18,24H,6,10,14-15H2;/t18-,25+;/m0./s1. The second kappa shape index (κ2) is 6.94. The fraction of sp³-hybridized carbons (Fsp3) is 0.238. The molecule has 3 aromatic carbocycles. The zero-order chi connectivity index (χ0) is 16.8. The highest BCUT2D eigenvalue weighted by Crippen LogP contribution is 2.57. The molecule has 0 aliphatic carbocycles. The van der Waals surface area contributed by atoms with Crippen LogP contribution in [0.5, 0.6) is 5.75 Å². The molecule has 2 aliphatic heterocycles. The second-order valence-electron chi connectivity index (χ2n) is 6.82. The van der Waals surface area contributed by atoms with Gasteiger partial charge in [0.2, 0.25) is 0 Å². The van der Waals surface area contributed by atoms with Gasteiger partial charge in [0.05, 0.1) is 5.30 Å². The summed E-state index contributed by atoms with van der Waals surface area (Å²) >= 11 is 0. The average molecular weight is 359 g/mol. The van der Waals surface area contributed by atoms with E-state index in [0.717, 1.165) is 18.4 Å². The van der Waals surface area contributed by atoms with Gasteiger partial charge in [-0.15, -0.1) is 0 Å². The molecule has 26 heavy (non-hydrogen) atoms. The first-order chi connectivity index (χ1) is 12.3. The molecule has 2 fully saturated rings. The molecule has 2 aliphatic rings. The van der Waals surface area contributed by atoms with Crippen LogP contribution in [0.2, 0.25) is 0 Å². The fourth-order valence-electron chi connectivity index (χ4n) is 4.19. The molecule has 1 N–H and O–H groups in total. The number of nitrogens with zero attached hydrogens (tertiary/aromatic N) is 2. The molecule has 3 aromatic rings. The van der Waals surface area contributed by atoms with Crippen molar-refractivity contribution in [1.29, 1.82) is 0 Å². The lowest BCUT2D eigenvalue weighted by molar-refractivity contribution is 0.464. The summed E-state index contributed by atoms with van der Waals surface area (Å²) in [5, 5.41) is 14.3. The number of fused-ring (bicyclic) bond motifs is 2. The van der Waals surface area contributed by atoms with Crippen molar-refractivity contribution < 1.29 is 5.11 Å². The van der Waals surface area contributed by atoms with E-state index in [9.17, 15) is 5.11 Å². The summed E-state index contributed by atoms with van der Waals surface area (Å²) in [6, 6.07) is 23.6. The predicted octanol–water partition coefficient (Wildman–Crippen LogP) is 4.09. The highest BCUT2D eigenvalue weighted by Gasteiger charge is 2.44. The van der Waals surface area contributed by atoms with Crippen LogP contribution in [-0.2, 0) is 0 Å². The van der Waals surface area contributed by atoms with E-state index >= 15 is 0 Å². The number of anilines is 1. The number of rotatable bonds is 2. The molecular weight excluding hydrogens is 338 g/mol. The molecule has 0 bridgehead atoms. The van der Waals surface area contributed by atoms with Gasteiger partial charge in [0, 0.05) is 33.2 Å². The Morgan fingerprint density at radius 2 is 1.69 bits per heavy atom. The van der Waals surface area contributed by atoms with Crippen molar-refractivity contribution in [3.63, 3.8) is 0 Å². The molecule has 0 aromatic heterocycles. The van der Waals surface area contributed by atoms with Crippen LogP contribution in [0.3, 0.4) is 0 Å². The normalized spacial score (nSPS) is 22.4. The molecule has 2 saturated heterocycles. The molecule has 3 nitrogen and oxygen atoms in total. The van der Waals surface area contributed by atoms with Gasteiger partial charge in [-0.2, -0.15) is 0 Å².